The van der Waals surface area contributed by atoms with Crippen LogP contribution in [0.4, 0.5) is 23.8 Å². The van der Waals surface area contributed by atoms with E-state index in [9.17, 15) is 18.0 Å². The molecule has 0 bridgehead atoms. The van der Waals surface area contributed by atoms with Crippen molar-refractivity contribution in [3.63, 3.8) is 0 Å². The lowest BCUT2D eigenvalue weighted by Crippen LogP contribution is -2.53. The summed E-state index contributed by atoms with van der Waals surface area (Å²) in [4.78, 5) is 21.6. The van der Waals surface area contributed by atoms with Gasteiger partial charge in [-0.25, -0.2) is 14.8 Å². The summed E-state index contributed by atoms with van der Waals surface area (Å²) in [6.07, 6.45) is -3.07. The number of piperidine rings is 1. The second kappa shape index (κ2) is 6.92. The van der Waals surface area contributed by atoms with E-state index >= 15 is 0 Å². The summed E-state index contributed by atoms with van der Waals surface area (Å²) in [6, 6.07) is 1.10. The molecule has 0 saturated carbocycles. The van der Waals surface area contributed by atoms with Gasteiger partial charge in [0.25, 0.3) is 0 Å². The van der Waals surface area contributed by atoms with Crippen LogP contribution in [-0.4, -0.2) is 47.3 Å². The highest BCUT2D eigenvalue weighted by Crippen LogP contribution is 2.45. The molecule has 2 rings (SSSR count). The molecule has 1 aromatic rings. The topological polar surface area (TPSA) is 67.3 Å². The first-order valence-corrected chi connectivity index (χ1v) is 7.56. The maximum atomic E-state index is 13.1. The molecule has 0 aliphatic carbocycles. The molecule has 1 atom stereocenters. The van der Waals surface area contributed by atoms with Crippen LogP contribution in [0.15, 0.2) is 12.4 Å². The van der Waals surface area contributed by atoms with E-state index in [2.05, 4.69) is 15.3 Å². The average molecular weight is 346 g/mol. The largest absolute Gasteiger partial charge is 0.392 e. The van der Waals surface area contributed by atoms with Crippen molar-refractivity contribution < 1.29 is 22.7 Å². The fraction of sp³-hybridized carbons (Fsp3) is 0.667. The monoisotopic (exact) mass is 346 g/mol. The fourth-order valence-corrected chi connectivity index (χ4v) is 3.02. The van der Waals surface area contributed by atoms with Crippen molar-refractivity contribution in [3.8, 4) is 0 Å². The highest BCUT2D eigenvalue weighted by molar-refractivity contribution is 5.88. The molecule has 1 aliphatic rings. The van der Waals surface area contributed by atoms with Gasteiger partial charge in [0.15, 0.2) is 0 Å². The molecule has 1 N–H and O–H groups in total. The van der Waals surface area contributed by atoms with Crippen molar-refractivity contribution in [3.05, 3.63) is 18.1 Å². The number of anilines is 1. The first kappa shape index (κ1) is 18.4. The van der Waals surface area contributed by atoms with Gasteiger partial charge in [0, 0.05) is 26.3 Å². The van der Waals surface area contributed by atoms with E-state index in [0.717, 1.165) is 0 Å². The molecule has 134 valence electrons. The number of hydrogen-bond donors (Lipinski definition) is 1. The number of rotatable bonds is 3. The number of amides is 2. The number of ether oxygens (including phenoxy) is 1. The Morgan fingerprint density at radius 2 is 2.17 bits per heavy atom. The van der Waals surface area contributed by atoms with Crippen LogP contribution in [0.2, 0.25) is 0 Å². The Labute approximate surface area is 138 Å². The van der Waals surface area contributed by atoms with E-state index in [1.165, 1.54) is 32.2 Å². The van der Waals surface area contributed by atoms with Gasteiger partial charge in [-0.05, 0) is 11.8 Å². The third-order valence-electron chi connectivity index (χ3n) is 4.16. The zero-order valence-corrected chi connectivity index (χ0v) is 13.9. The summed E-state index contributed by atoms with van der Waals surface area (Å²) in [5, 5.41) is 2.60. The van der Waals surface area contributed by atoms with Crippen LogP contribution >= 0.6 is 0 Å². The molecule has 24 heavy (non-hydrogen) atoms. The molecule has 2 heterocycles. The van der Waals surface area contributed by atoms with Gasteiger partial charge in [0.2, 0.25) is 0 Å². The molecule has 1 unspecified atom stereocenters. The van der Waals surface area contributed by atoms with Gasteiger partial charge in [-0.2, -0.15) is 13.2 Å². The second-order valence-electron chi connectivity index (χ2n) is 6.55. The average Bonchev–Trinajstić information content (AvgIpc) is 2.45. The normalized spacial score (nSPS) is 20.8. The number of methoxy groups -OCH3 is 1. The zero-order valence-electron chi connectivity index (χ0n) is 13.9. The molecular formula is C15H21F3N4O2. The minimum Gasteiger partial charge on any atom is -0.378 e. The van der Waals surface area contributed by atoms with Gasteiger partial charge in [-0.3, -0.25) is 5.32 Å². The number of urea groups is 1. The molecule has 0 spiro atoms. The lowest BCUT2D eigenvalue weighted by atomic mass is 9.73. The predicted molar refractivity (Wildman–Crippen MR) is 81.3 cm³/mol. The molecule has 0 aromatic carbocycles. The Balaban J connectivity index is 2.03. The first-order valence-electron chi connectivity index (χ1n) is 7.56. The summed E-state index contributed by atoms with van der Waals surface area (Å²) in [7, 11) is 1.52. The molecule has 6 nitrogen and oxygen atoms in total. The van der Waals surface area contributed by atoms with E-state index < -0.39 is 23.5 Å². The highest BCUT2D eigenvalue weighted by Gasteiger charge is 2.51. The van der Waals surface area contributed by atoms with Crippen LogP contribution < -0.4 is 5.32 Å². The number of nitrogens with zero attached hydrogens (tertiary/aromatic N) is 3. The molecule has 2 amide bonds. The fourth-order valence-electron chi connectivity index (χ4n) is 3.02. The quantitative estimate of drug-likeness (QED) is 0.913. The predicted octanol–water partition coefficient (Wildman–Crippen LogP) is 3.07. The van der Waals surface area contributed by atoms with Crippen molar-refractivity contribution in [2.75, 3.05) is 25.5 Å². The number of nitrogens with one attached hydrogen (secondary N) is 1. The van der Waals surface area contributed by atoms with Gasteiger partial charge in [-0.15, -0.1) is 0 Å². The Morgan fingerprint density at radius 1 is 1.46 bits per heavy atom. The van der Waals surface area contributed by atoms with Crippen LogP contribution in [-0.2, 0) is 11.3 Å². The van der Waals surface area contributed by atoms with Crippen LogP contribution in [0.1, 0.15) is 26.0 Å². The van der Waals surface area contributed by atoms with E-state index in [-0.39, 0.29) is 31.9 Å². The van der Waals surface area contributed by atoms with Crippen LogP contribution in [0.25, 0.3) is 0 Å². The van der Waals surface area contributed by atoms with Crippen molar-refractivity contribution >= 4 is 11.8 Å². The van der Waals surface area contributed by atoms with Gasteiger partial charge < -0.3 is 9.64 Å². The van der Waals surface area contributed by atoms with Gasteiger partial charge >= 0.3 is 12.2 Å². The third kappa shape index (κ3) is 4.34. The molecule has 1 saturated heterocycles. The number of halogens is 3. The summed E-state index contributed by atoms with van der Waals surface area (Å²) < 4.78 is 44.2. The second-order valence-corrected chi connectivity index (χ2v) is 6.55. The molecule has 9 heteroatoms. The van der Waals surface area contributed by atoms with Crippen LogP contribution in [0, 0.1) is 11.3 Å². The minimum atomic E-state index is -4.26. The lowest BCUT2D eigenvalue weighted by molar-refractivity contribution is -0.214. The van der Waals surface area contributed by atoms with Crippen molar-refractivity contribution in [1.29, 1.82) is 0 Å². The van der Waals surface area contributed by atoms with Crippen molar-refractivity contribution in [1.82, 2.24) is 14.9 Å². The first-order chi connectivity index (χ1) is 11.1. The van der Waals surface area contributed by atoms with E-state index in [1.807, 2.05) is 0 Å². The number of aromatic nitrogens is 2. The van der Waals surface area contributed by atoms with Crippen LogP contribution in [0.3, 0.4) is 0 Å². The standard InChI is InChI=1S/C15H21F3N4O2/c1-14(2)8-22(5-4-11(14)15(16,17)18)13(23)21-12-6-10(7-24-3)19-9-20-12/h6,9,11H,4-5,7-8H2,1-3H3,(H,19,20,21,23). The zero-order chi connectivity index (χ0) is 18.0. The summed E-state index contributed by atoms with van der Waals surface area (Å²) >= 11 is 0. The lowest BCUT2D eigenvalue weighted by Gasteiger charge is -2.44. The van der Waals surface area contributed by atoms with E-state index in [4.69, 9.17) is 4.74 Å². The summed E-state index contributed by atoms with van der Waals surface area (Å²) in [6.45, 7) is 3.42. The van der Waals surface area contributed by atoms with Gasteiger partial charge in [0.05, 0.1) is 18.2 Å². The Kier molecular flexibility index (Phi) is 5.32. The van der Waals surface area contributed by atoms with E-state index in [1.54, 1.807) is 6.07 Å². The Bertz CT molecular complexity index is 592. The highest BCUT2D eigenvalue weighted by atomic mass is 19.4. The third-order valence-corrected chi connectivity index (χ3v) is 4.16. The Morgan fingerprint density at radius 3 is 2.75 bits per heavy atom. The molecule has 1 aromatic heterocycles. The minimum absolute atomic E-state index is 0.0268. The molecule has 1 aliphatic heterocycles. The van der Waals surface area contributed by atoms with E-state index in [0.29, 0.717) is 5.69 Å². The number of carbonyl (C=O) groups is 1. The molecule has 1 fully saturated rings. The van der Waals surface area contributed by atoms with Crippen LogP contribution in [0.5, 0.6) is 0 Å². The van der Waals surface area contributed by atoms with Gasteiger partial charge in [0.1, 0.15) is 12.1 Å². The maximum absolute atomic E-state index is 13.1. The maximum Gasteiger partial charge on any atom is 0.392 e. The van der Waals surface area contributed by atoms with Crippen molar-refractivity contribution in [2.45, 2.75) is 33.1 Å². The van der Waals surface area contributed by atoms with Gasteiger partial charge in [-0.1, -0.05) is 13.8 Å². The summed E-state index contributed by atoms with van der Waals surface area (Å²) in [5.41, 5.74) is -0.445. The smallest absolute Gasteiger partial charge is 0.378 e. The number of alkyl halides is 3. The molecular weight excluding hydrogens is 325 g/mol. The number of likely N-dealkylation sites (tertiary alicyclic amines) is 1. The number of hydrogen-bond acceptors (Lipinski definition) is 4. The number of carbonyl (C=O) groups excluding carboxylic acids is 1. The summed E-state index contributed by atoms with van der Waals surface area (Å²) in [5.74, 6) is -1.13. The molecule has 0 radical (unpaired) electrons. The Hall–Kier alpha value is -1.90. The SMILES string of the molecule is COCc1cc(NC(=O)N2CCC(C(F)(F)F)C(C)(C)C2)ncn1. The van der Waals surface area contributed by atoms with Crippen molar-refractivity contribution in [2.24, 2.45) is 11.3 Å².